The van der Waals surface area contributed by atoms with E-state index < -0.39 is 41.1 Å². The molecule has 0 saturated carbocycles. The summed E-state index contributed by atoms with van der Waals surface area (Å²) in [6.45, 7) is 5.79. The van der Waals surface area contributed by atoms with Crippen LogP contribution >= 0.6 is 0 Å². The third-order valence-corrected chi connectivity index (χ3v) is 7.72. The summed E-state index contributed by atoms with van der Waals surface area (Å²) in [5.41, 5.74) is 2.60. The molecule has 2 amide bonds. The summed E-state index contributed by atoms with van der Waals surface area (Å²) in [6.07, 6.45) is 2.89. The van der Waals surface area contributed by atoms with Crippen molar-refractivity contribution in [1.82, 2.24) is 10.2 Å². The molecule has 2 aromatic rings. The molecule has 5 rings (SSSR count). The highest BCUT2D eigenvalue weighted by Gasteiger charge is 2.52. The minimum absolute atomic E-state index is 0.0541. The number of carbonyl (C=O) groups excluding carboxylic acids is 2. The van der Waals surface area contributed by atoms with Crippen LogP contribution in [0.1, 0.15) is 57.6 Å². The number of aliphatic carboxylic acids is 1. The summed E-state index contributed by atoms with van der Waals surface area (Å²) in [5, 5.41) is 12.8. The highest BCUT2D eigenvalue weighted by molar-refractivity contribution is 5.90. The summed E-state index contributed by atoms with van der Waals surface area (Å²) in [7, 11) is 1.54. The molecule has 3 heterocycles. The number of ether oxygens (including phenoxy) is 2. The van der Waals surface area contributed by atoms with Crippen LogP contribution in [0, 0.1) is 5.41 Å². The van der Waals surface area contributed by atoms with Gasteiger partial charge in [-0.3, -0.25) is 4.79 Å². The third-order valence-electron chi connectivity index (χ3n) is 7.72. The van der Waals surface area contributed by atoms with Crippen molar-refractivity contribution in [3.8, 4) is 11.1 Å². The van der Waals surface area contributed by atoms with Crippen molar-refractivity contribution in [2.24, 2.45) is 5.41 Å². The molecule has 3 atom stereocenters. The minimum atomic E-state index is -1.11. The highest BCUT2D eigenvalue weighted by Crippen LogP contribution is 2.41. The summed E-state index contributed by atoms with van der Waals surface area (Å²) in [4.78, 5) is 40.2. The second kappa shape index (κ2) is 11.2. The number of alkyl carbamates (subject to hydrolysis) is 1. The van der Waals surface area contributed by atoms with Gasteiger partial charge >= 0.3 is 12.1 Å². The molecule has 8 nitrogen and oxygen atoms in total. The number of benzene rings is 2. The van der Waals surface area contributed by atoms with Crippen LogP contribution in [0.5, 0.6) is 0 Å². The number of carboxylic acids is 1. The van der Waals surface area contributed by atoms with Crippen molar-refractivity contribution in [1.29, 1.82) is 0 Å². The van der Waals surface area contributed by atoms with Gasteiger partial charge in [0, 0.05) is 13.5 Å². The number of amides is 2. The molecule has 3 aliphatic rings. The Balaban J connectivity index is 1.76. The van der Waals surface area contributed by atoms with Gasteiger partial charge in [0.15, 0.2) is 0 Å². The fourth-order valence-electron chi connectivity index (χ4n) is 5.51. The first-order valence-electron chi connectivity index (χ1n) is 13.3. The predicted octanol–water partition coefficient (Wildman–Crippen LogP) is 4.75. The van der Waals surface area contributed by atoms with E-state index in [4.69, 9.17) is 9.47 Å². The van der Waals surface area contributed by atoms with Gasteiger partial charge in [-0.05, 0) is 53.4 Å². The Bertz CT molecular complexity index is 1170. The van der Waals surface area contributed by atoms with Crippen LogP contribution in [0.3, 0.4) is 0 Å². The molecule has 1 saturated heterocycles. The van der Waals surface area contributed by atoms with E-state index in [2.05, 4.69) is 17.4 Å². The maximum atomic E-state index is 13.8. The van der Waals surface area contributed by atoms with Gasteiger partial charge in [0.1, 0.15) is 17.7 Å². The van der Waals surface area contributed by atoms with E-state index >= 15 is 0 Å². The topological polar surface area (TPSA) is 105 Å². The lowest BCUT2D eigenvalue weighted by Crippen LogP contribution is -2.57. The van der Waals surface area contributed by atoms with E-state index in [1.807, 2.05) is 57.2 Å². The van der Waals surface area contributed by atoms with Crippen LogP contribution in [0.15, 0.2) is 48.5 Å². The zero-order chi connectivity index (χ0) is 27.5. The van der Waals surface area contributed by atoms with Gasteiger partial charge in [-0.2, -0.15) is 0 Å². The molecule has 0 radical (unpaired) electrons. The average Bonchev–Trinajstić information content (AvgIpc) is 3.30. The zero-order valence-corrected chi connectivity index (χ0v) is 22.7. The Hall–Kier alpha value is -3.39. The third kappa shape index (κ3) is 5.70. The lowest BCUT2D eigenvalue weighted by molar-refractivity contribution is -0.150. The lowest BCUT2D eigenvalue weighted by atomic mass is 9.85. The molecular formula is C30H38N2O6. The number of hydrogen-bond donors (Lipinski definition) is 2. The molecule has 1 fully saturated rings. The van der Waals surface area contributed by atoms with E-state index in [-0.39, 0.29) is 19.6 Å². The molecule has 0 spiro atoms. The van der Waals surface area contributed by atoms with Crippen LogP contribution in [0.25, 0.3) is 11.1 Å². The number of hydrogen-bond acceptors (Lipinski definition) is 5. The SMILES string of the molecule is CO[C@@]12C[C@@H](C(=O)O)N(C1)C(=O)[C@H](C(C)(C)C)NC(=O)OCCCCCc1ccccc1-c1ccc2cc1. The number of rotatable bonds is 2. The Morgan fingerprint density at radius 1 is 1.08 bits per heavy atom. The Kier molecular flexibility index (Phi) is 8.11. The van der Waals surface area contributed by atoms with Gasteiger partial charge in [0.25, 0.3) is 0 Å². The molecule has 8 heteroatoms. The van der Waals surface area contributed by atoms with Crippen LogP contribution in [-0.4, -0.2) is 60.3 Å². The number of nitrogens with one attached hydrogen (secondary N) is 1. The van der Waals surface area contributed by atoms with Crippen molar-refractivity contribution >= 4 is 18.0 Å². The summed E-state index contributed by atoms with van der Waals surface area (Å²) >= 11 is 0. The minimum Gasteiger partial charge on any atom is -0.480 e. The summed E-state index contributed by atoms with van der Waals surface area (Å²) in [5.74, 6) is -1.58. The molecule has 4 bridgehead atoms. The quantitative estimate of drug-likeness (QED) is 0.590. The Morgan fingerprint density at radius 3 is 2.45 bits per heavy atom. The van der Waals surface area contributed by atoms with E-state index in [1.165, 1.54) is 10.5 Å². The molecule has 0 aromatic heterocycles. The van der Waals surface area contributed by atoms with Crippen molar-refractivity contribution < 1.29 is 29.0 Å². The van der Waals surface area contributed by atoms with E-state index in [0.717, 1.165) is 36.0 Å². The molecular weight excluding hydrogens is 484 g/mol. The van der Waals surface area contributed by atoms with Gasteiger partial charge in [-0.25, -0.2) is 9.59 Å². The number of carboxylic acid groups (broad SMARTS) is 1. The maximum absolute atomic E-state index is 13.8. The summed E-state index contributed by atoms with van der Waals surface area (Å²) < 4.78 is 11.4. The second-order valence-electron chi connectivity index (χ2n) is 11.3. The van der Waals surface area contributed by atoms with Crippen molar-refractivity contribution in [3.63, 3.8) is 0 Å². The first-order valence-corrected chi connectivity index (χ1v) is 13.3. The molecule has 2 aromatic carbocycles. The van der Waals surface area contributed by atoms with Crippen LogP contribution in [0.2, 0.25) is 0 Å². The lowest BCUT2D eigenvalue weighted by Gasteiger charge is -2.35. The van der Waals surface area contributed by atoms with Gasteiger partial charge in [-0.15, -0.1) is 0 Å². The smallest absolute Gasteiger partial charge is 0.407 e. The standard InChI is InChI=1S/C30H38N2O6/c1-29(2,3)25-26(33)32-19-30(37-4,18-24(32)27(34)35)22-15-13-21(14-16-22)23-12-8-7-11-20(23)10-6-5-9-17-38-28(36)31-25/h7-8,11-16,24-25H,5-6,9-10,17-19H2,1-4H3,(H,31,36)(H,34,35)/t24-,25+,30-/m0/s1. The van der Waals surface area contributed by atoms with Crippen molar-refractivity contribution in [3.05, 3.63) is 59.7 Å². The van der Waals surface area contributed by atoms with E-state index in [1.54, 1.807) is 7.11 Å². The number of carbonyl (C=O) groups is 3. The fraction of sp³-hybridized carbons (Fsp3) is 0.500. The monoisotopic (exact) mass is 522 g/mol. The van der Waals surface area contributed by atoms with E-state index in [9.17, 15) is 19.5 Å². The first-order chi connectivity index (χ1) is 18.1. The molecule has 0 unspecified atom stereocenters. The highest BCUT2D eigenvalue weighted by atomic mass is 16.5. The van der Waals surface area contributed by atoms with E-state index in [0.29, 0.717) is 6.42 Å². The number of aryl methyl sites for hydroxylation is 1. The molecule has 38 heavy (non-hydrogen) atoms. The molecule has 0 aliphatic carbocycles. The van der Waals surface area contributed by atoms with Gasteiger partial charge in [0.2, 0.25) is 5.91 Å². The summed E-state index contributed by atoms with van der Waals surface area (Å²) in [6, 6.07) is 14.2. The van der Waals surface area contributed by atoms with Crippen molar-refractivity contribution in [2.45, 2.75) is 70.6 Å². The Labute approximate surface area is 224 Å². The van der Waals surface area contributed by atoms with Gasteiger partial charge in [-0.1, -0.05) is 69.3 Å². The van der Waals surface area contributed by atoms with Gasteiger partial charge < -0.3 is 24.8 Å². The zero-order valence-electron chi connectivity index (χ0n) is 22.7. The van der Waals surface area contributed by atoms with Crippen LogP contribution in [-0.2, 0) is 31.1 Å². The Morgan fingerprint density at radius 2 is 1.79 bits per heavy atom. The number of nitrogens with zero attached hydrogens (tertiary/aromatic N) is 1. The molecule has 2 N–H and O–H groups in total. The predicted molar refractivity (Wildman–Crippen MR) is 144 cm³/mol. The average molecular weight is 523 g/mol. The second-order valence-corrected chi connectivity index (χ2v) is 11.3. The molecule has 204 valence electrons. The number of fused-ring (bicyclic) bond motifs is 11. The largest absolute Gasteiger partial charge is 0.480 e. The fourth-order valence-corrected chi connectivity index (χ4v) is 5.51. The van der Waals surface area contributed by atoms with Crippen LogP contribution < -0.4 is 5.32 Å². The van der Waals surface area contributed by atoms with Gasteiger partial charge in [0.05, 0.1) is 13.2 Å². The first kappa shape index (κ1) is 27.6. The number of methoxy groups -OCH3 is 1. The van der Waals surface area contributed by atoms with Crippen LogP contribution in [0.4, 0.5) is 4.79 Å². The normalized spacial score (nSPS) is 25.0. The maximum Gasteiger partial charge on any atom is 0.407 e. The van der Waals surface area contributed by atoms with Crippen molar-refractivity contribution in [2.75, 3.05) is 20.3 Å². The molecule has 3 aliphatic heterocycles.